The monoisotopic (exact) mass is 383 g/mol. The van der Waals surface area contributed by atoms with E-state index in [1.807, 2.05) is 0 Å². The number of carbonyl (C=O) groups is 1. The van der Waals surface area contributed by atoms with Crippen LogP contribution in [0.4, 0.5) is 5.69 Å². The molecule has 3 rings (SSSR count). The summed E-state index contributed by atoms with van der Waals surface area (Å²) in [6.07, 6.45) is 2.33. The summed E-state index contributed by atoms with van der Waals surface area (Å²) in [6.45, 7) is 4.30. The largest absolute Gasteiger partial charge is 0.477 e. The Kier molecular flexibility index (Phi) is 6.60. The maximum absolute atomic E-state index is 12.3. The van der Waals surface area contributed by atoms with Crippen LogP contribution in [0.1, 0.15) is 30.0 Å². The van der Waals surface area contributed by atoms with Crippen LogP contribution in [0.2, 0.25) is 0 Å². The highest BCUT2D eigenvalue weighted by molar-refractivity contribution is 5.77. The molecule has 0 radical (unpaired) electrons. The van der Waals surface area contributed by atoms with Gasteiger partial charge in [-0.15, -0.1) is 0 Å². The molecule has 1 amide bonds. The van der Waals surface area contributed by atoms with Crippen molar-refractivity contribution in [2.75, 3.05) is 26.2 Å². The van der Waals surface area contributed by atoms with Gasteiger partial charge in [-0.2, -0.15) is 0 Å². The van der Waals surface area contributed by atoms with Gasteiger partial charge in [0.05, 0.1) is 11.0 Å². The number of nitro groups is 1. The van der Waals surface area contributed by atoms with E-state index in [9.17, 15) is 14.9 Å². The molecule has 148 valence electrons. The van der Waals surface area contributed by atoms with Gasteiger partial charge in [-0.05, 0) is 44.5 Å². The van der Waals surface area contributed by atoms with Crippen LogP contribution in [0.15, 0.2) is 48.5 Å². The lowest BCUT2D eigenvalue weighted by atomic mass is 10.0. The number of aryl methyl sites for hydroxylation is 1. The first-order valence-corrected chi connectivity index (χ1v) is 9.48. The van der Waals surface area contributed by atoms with E-state index in [4.69, 9.17) is 4.74 Å². The molecule has 1 aliphatic rings. The van der Waals surface area contributed by atoms with Crippen molar-refractivity contribution in [1.82, 2.24) is 10.2 Å². The molecule has 1 fully saturated rings. The van der Waals surface area contributed by atoms with Gasteiger partial charge in [-0.3, -0.25) is 19.8 Å². The van der Waals surface area contributed by atoms with Crippen LogP contribution >= 0.6 is 0 Å². The second-order valence-corrected chi connectivity index (χ2v) is 6.99. The molecule has 1 aliphatic heterocycles. The highest BCUT2D eigenvalue weighted by Crippen LogP contribution is 2.26. The Morgan fingerprint density at radius 1 is 1.18 bits per heavy atom. The number of likely N-dealkylation sites (tertiary alicyclic amines) is 1. The second kappa shape index (κ2) is 9.32. The Bertz CT molecular complexity index is 817. The zero-order chi connectivity index (χ0) is 19.9. The highest BCUT2D eigenvalue weighted by atomic mass is 16.6. The van der Waals surface area contributed by atoms with Crippen molar-refractivity contribution < 1.29 is 14.5 Å². The SMILES string of the molecule is Cc1ccc(C(CNC(=O)COc2ccccc2[N+](=O)[O-])N2CCCC2)cc1. The molecule has 0 bridgehead atoms. The van der Waals surface area contributed by atoms with Gasteiger partial charge in [0.2, 0.25) is 0 Å². The molecule has 0 aromatic heterocycles. The zero-order valence-corrected chi connectivity index (χ0v) is 16.0. The van der Waals surface area contributed by atoms with Crippen molar-refractivity contribution in [2.24, 2.45) is 0 Å². The molecule has 7 nitrogen and oxygen atoms in total. The predicted molar refractivity (Wildman–Crippen MR) is 106 cm³/mol. The number of nitrogens with zero attached hydrogens (tertiary/aromatic N) is 2. The van der Waals surface area contributed by atoms with Gasteiger partial charge in [-0.1, -0.05) is 42.0 Å². The van der Waals surface area contributed by atoms with Gasteiger partial charge < -0.3 is 10.1 Å². The molecule has 0 aliphatic carbocycles. The van der Waals surface area contributed by atoms with E-state index < -0.39 is 4.92 Å². The van der Waals surface area contributed by atoms with Crippen molar-refractivity contribution in [3.63, 3.8) is 0 Å². The third-order valence-corrected chi connectivity index (χ3v) is 4.96. The van der Waals surface area contributed by atoms with Crippen molar-refractivity contribution in [2.45, 2.75) is 25.8 Å². The molecule has 1 unspecified atom stereocenters. The number of nitro benzene ring substituents is 1. The molecule has 2 aromatic carbocycles. The molecule has 1 saturated heterocycles. The molecule has 1 N–H and O–H groups in total. The van der Waals surface area contributed by atoms with Crippen LogP contribution in [0.3, 0.4) is 0 Å². The first-order valence-electron chi connectivity index (χ1n) is 9.48. The number of carbonyl (C=O) groups excluding carboxylic acids is 1. The third kappa shape index (κ3) is 5.07. The number of amides is 1. The first-order chi connectivity index (χ1) is 13.5. The Morgan fingerprint density at radius 2 is 1.86 bits per heavy atom. The number of benzene rings is 2. The maximum Gasteiger partial charge on any atom is 0.310 e. The van der Waals surface area contributed by atoms with E-state index >= 15 is 0 Å². The summed E-state index contributed by atoms with van der Waals surface area (Å²) in [5.41, 5.74) is 2.23. The maximum atomic E-state index is 12.3. The Labute approximate surface area is 164 Å². The van der Waals surface area contributed by atoms with E-state index in [2.05, 4.69) is 41.4 Å². The molecule has 28 heavy (non-hydrogen) atoms. The number of nitrogens with one attached hydrogen (secondary N) is 1. The zero-order valence-electron chi connectivity index (χ0n) is 16.0. The van der Waals surface area contributed by atoms with Gasteiger partial charge in [0.25, 0.3) is 5.91 Å². The minimum atomic E-state index is -0.520. The number of hydrogen-bond acceptors (Lipinski definition) is 5. The summed E-state index contributed by atoms with van der Waals surface area (Å²) in [6, 6.07) is 14.5. The van der Waals surface area contributed by atoms with E-state index in [1.165, 1.54) is 23.3 Å². The smallest absolute Gasteiger partial charge is 0.310 e. The summed E-state index contributed by atoms with van der Waals surface area (Å²) in [4.78, 5) is 25.2. The first kappa shape index (κ1) is 19.8. The molecule has 0 spiro atoms. The fourth-order valence-electron chi connectivity index (χ4n) is 3.43. The standard InChI is InChI=1S/C21H25N3O4/c1-16-8-10-17(11-9-16)19(23-12-4-5-13-23)14-22-21(25)15-28-20-7-3-2-6-18(20)24(26)27/h2-3,6-11,19H,4-5,12-15H2,1H3,(H,22,25). The minimum absolute atomic E-state index is 0.0947. The summed E-state index contributed by atoms with van der Waals surface area (Å²) in [7, 11) is 0. The fourth-order valence-corrected chi connectivity index (χ4v) is 3.43. The average molecular weight is 383 g/mol. The fraction of sp³-hybridized carbons (Fsp3) is 0.381. The van der Waals surface area contributed by atoms with Gasteiger partial charge in [-0.25, -0.2) is 0 Å². The van der Waals surface area contributed by atoms with Crippen molar-refractivity contribution >= 4 is 11.6 Å². The summed E-state index contributed by atoms with van der Waals surface area (Å²) < 4.78 is 5.37. The van der Waals surface area contributed by atoms with Gasteiger partial charge in [0.1, 0.15) is 0 Å². The molecule has 1 atom stereocenters. The van der Waals surface area contributed by atoms with E-state index in [-0.39, 0.29) is 30.0 Å². The molecular weight excluding hydrogens is 358 g/mol. The molecule has 1 heterocycles. The van der Waals surface area contributed by atoms with Crippen LogP contribution < -0.4 is 10.1 Å². The summed E-state index contributed by atoms with van der Waals surface area (Å²) >= 11 is 0. The van der Waals surface area contributed by atoms with Crippen LogP contribution in [0.5, 0.6) is 5.75 Å². The molecule has 7 heteroatoms. The van der Waals surface area contributed by atoms with Gasteiger partial charge in [0, 0.05) is 12.6 Å². The lowest BCUT2D eigenvalue weighted by Gasteiger charge is -2.28. The topological polar surface area (TPSA) is 84.7 Å². The number of para-hydroxylation sites is 2. The van der Waals surface area contributed by atoms with Gasteiger partial charge in [0.15, 0.2) is 12.4 Å². The molecule has 2 aromatic rings. The van der Waals surface area contributed by atoms with Crippen LogP contribution in [-0.2, 0) is 4.79 Å². The minimum Gasteiger partial charge on any atom is -0.477 e. The highest BCUT2D eigenvalue weighted by Gasteiger charge is 2.24. The average Bonchev–Trinajstić information content (AvgIpc) is 3.22. The Balaban J connectivity index is 1.59. The van der Waals surface area contributed by atoms with Crippen LogP contribution in [0.25, 0.3) is 0 Å². The lowest BCUT2D eigenvalue weighted by molar-refractivity contribution is -0.385. The Hall–Kier alpha value is -2.93. The molecule has 0 saturated carbocycles. The van der Waals surface area contributed by atoms with Gasteiger partial charge >= 0.3 is 5.69 Å². The summed E-state index contributed by atoms with van der Waals surface area (Å²) in [5.74, 6) is -0.202. The van der Waals surface area contributed by atoms with E-state index in [0.29, 0.717) is 6.54 Å². The Morgan fingerprint density at radius 3 is 2.54 bits per heavy atom. The quantitative estimate of drug-likeness (QED) is 0.559. The normalized spacial score (nSPS) is 15.2. The summed E-state index contributed by atoms with van der Waals surface area (Å²) in [5, 5.41) is 13.9. The second-order valence-electron chi connectivity index (χ2n) is 6.99. The van der Waals surface area contributed by atoms with Crippen LogP contribution in [-0.4, -0.2) is 42.0 Å². The third-order valence-electron chi connectivity index (χ3n) is 4.96. The lowest BCUT2D eigenvalue weighted by Crippen LogP contribution is -2.38. The van der Waals surface area contributed by atoms with E-state index in [0.717, 1.165) is 25.9 Å². The van der Waals surface area contributed by atoms with Crippen molar-refractivity contribution in [1.29, 1.82) is 0 Å². The van der Waals surface area contributed by atoms with E-state index in [1.54, 1.807) is 12.1 Å². The predicted octanol–water partition coefficient (Wildman–Crippen LogP) is 3.24. The van der Waals surface area contributed by atoms with Crippen molar-refractivity contribution in [3.05, 3.63) is 69.8 Å². The van der Waals surface area contributed by atoms with Crippen molar-refractivity contribution in [3.8, 4) is 5.75 Å². The number of ether oxygens (including phenoxy) is 1. The number of hydrogen-bond donors (Lipinski definition) is 1. The van der Waals surface area contributed by atoms with Crippen LogP contribution in [0, 0.1) is 17.0 Å². The number of rotatable bonds is 8. The molecular formula is C21H25N3O4.